The molecule has 168 valence electrons. The zero-order valence-corrected chi connectivity index (χ0v) is 19.3. The highest BCUT2D eigenvalue weighted by atomic mass is 35.5. The van der Waals surface area contributed by atoms with Crippen LogP contribution in [0.3, 0.4) is 0 Å². The van der Waals surface area contributed by atoms with Gasteiger partial charge in [0.05, 0.1) is 47.3 Å². The Morgan fingerprint density at radius 3 is 2.48 bits per heavy atom. The van der Waals surface area contributed by atoms with Crippen molar-refractivity contribution in [2.45, 2.75) is 25.7 Å². The Kier molecular flexibility index (Phi) is 5.42. The smallest absolute Gasteiger partial charge is 0.256 e. The van der Waals surface area contributed by atoms with E-state index in [4.69, 9.17) is 31.2 Å². The Morgan fingerprint density at radius 1 is 1.09 bits per heavy atom. The summed E-state index contributed by atoms with van der Waals surface area (Å²) in [5, 5.41) is 8.77. The van der Waals surface area contributed by atoms with Crippen LogP contribution in [0.4, 0.5) is 5.69 Å². The summed E-state index contributed by atoms with van der Waals surface area (Å²) in [7, 11) is 3.06. The summed E-state index contributed by atoms with van der Waals surface area (Å²) in [5.74, 6) is 1.01. The minimum atomic E-state index is -0.278. The fraction of sp³-hybridized carbons (Fsp3) is 0.240. The van der Waals surface area contributed by atoms with Crippen LogP contribution in [0.15, 0.2) is 48.5 Å². The van der Waals surface area contributed by atoms with Gasteiger partial charge in [-0.2, -0.15) is 5.10 Å². The fourth-order valence-electron chi connectivity index (χ4n) is 3.97. The van der Waals surface area contributed by atoms with Crippen LogP contribution >= 0.6 is 11.6 Å². The van der Waals surface area contributed by atoms with Crippen molar-refractivity contribution < 1.29 is 14.3 Å². The van der Waals surface area contributed by atoms with E-state index in [1.54, 1.807) is 16.8 Å². The van der Waals surface area contributed by atoms with Gasteiger partial charge in [0.25, 0.3) is 5.91 Å². The number of aryl methyl sites for hydroxylation is 1. The number of nitrogens with one attached hydrogen (secondary N) is 1. The van der Waals surface area contributed by atoms with E-state index < -0.39 is 0 Å². The third kappa shape index (κ3) is 3.89. The topological polar surface area (TPSA) is 78.3 Å². The number of rotatable bonds is 6. The molecule has 1 aliphatic rings. The van der Waals surface area contributed by atoms with E-state index in [9.17, 15) is 4.79 Å². The molecule has 0 saturated heterocycles. The van der Waals surface area contributed by atoms with Crippen molar-refractivity contribution in [3.8, 4) is 17.2 Å². The third-order valence-corrected chi connectivity index (χ3v) is 6.09. The van der Waals surface area contributed by atoms with Gasteiger partial charge in [-0.05, 0) is 44.0 Å². The molecule has 1 saturated carbocycles. The second-order valence-corrected chi connectivity index (χ2v) is 8.45. The van der Waals surface area contributed by atoms with Crippen molar-refractivity contribution in [1.82, 2.24) is 14.8 Å². The average molecular weight is 463 g/mol. The second kappa shape index (κ2) is 8.41. The maximum Gasteiger partial charge on any atom is 0.256 e. The Morgan fingerprint density at radius 2 is 1.82 bits per heavy atom. The summed E-state index contributed by atoms with van der Waals surface area (Å²) in [6.45, 7) is 1.89. The Bertz CT molecular complexity index is 1360. The molecule has 4 aromatic rings. The molecule has 0 bridgehead atoms. The SMILES string of the molecule is COc1cc(OC)c(NC(=O)c2cc(C3CC3)nc3c2c(C)nn3-c2ccccc2)cc1Cl. The third-order valence-electron chi connectivity index (χ3n) is 5.80. The highest BCUT2D eigenvalue weighted by Gasteiger charge is 2.29. The van der Waals surface area contributed by atoms with Gasteiger partial charge < -0.3 is 14.8 Å². The predicted molar refractivity (Wildman–Crippen MR) is 128 cm³/mol. The molecule has 1 fully saturated rings. The van der Waals surface area contributed by atoms with Gasteiger partial charge in [0.2, 0.25) is 0 Å². The van der Waals surface area contributed by atoms with Gasteiger partial charge in [0.1, 0.15) is 11.5 Å². The number of ether oxygens (including phenoxy) is 2. The average Bonchev–Trinajstić information content (AvgIpc) is 3.63. The van der Waals surface area contributed by atoms with Crippen LogP contribution in [-0.4, -0.2) is 34.9 Å². The molecule has 8 heteroatoms. The van der Waals surface area contributed by atoms with Gasteiger partial charge in [-0.15, -0.1) is 0 Å². The number of halogens is 1. The lowest BCUT2D eigenvalue weighted by atomic mass is 10.1. The molecule has 1 aliphatic carbocycles. The van der Waals surface area contributed by atoms with E-state index in [2.05, 4.69) is 5.32 Å². The van der Waals surface area contributed by atoms with Crippen molar-refractivity contribution in [2.24, 2.45) is 0 Å². The number of carbonyl (C=O) groups is 1. The quantitative estimate of drug-likeness (QED) is 0.407. The molecule has 2 heterocycles. The van der Waals surface area contributed by atoms with Gasteiger partial charge in [-0.3, -0.25) is 4.79 Å². The first-order valence-electron chi connectivity index (χ1n) is 10.7. The van der Waals surface area contributed by atoms with Crippen molar-refractivity contribution in [1.29, 1.82) is 0 Å². The summed E-state index contributed by atoms with van der Waals surface area (Å²) in [4.78, 5) is 18.5. The number of pyridine rings is 1. The molecule has 2 aromatic heterocycles. The number of hydrogen-bond donors (Lipinski definition) is 1. The van der Waals surface area contributed by atoms with Crippen LogP contribution in [0.1, 0.15) is 40.5 Å². The lowest BCUT2D eigenvalue weighted by molar-refractivity contribution is 0.102. The van der Waals surface area contributed by atoms with E-state index in [1.807, 2.05) is 43.3 Å². The van der Waals surface area contributed by atoms with Gasteiger partial charge in [0, 0.05) is 17.7 Å². The summed E-state index contributed by atoms with van der Waals surface area (Å²) >= 11 is 6.30. The molecular formula is C25H23ClN4O3. The number of amides is 1. The van der Waals surface area contributed by atoms with E-state index in [-0.39, 0.29) is 5.91 Å². The molecule has 0 atom stereocenters. The highest BCUT2D eigenvalue weighted by Crippen LogP contribution is 2.41. The van der Waals surface area contributed by atoms with Crippen LogP contribution in [0.25, 0.3) is 16.7 Å². The van der Waals surface area contributed by atoms with Crippen LogP contribution in [0, 0.1) is 6.92 Å². The maximum absolute atomic E-state index is 13.5. The normalized spacial score (nSPS) is 13.2. The zero-order chi connectivity index (χ0) is 23.1. The van der Waals surface area contributed by atoms with Crippen molar-refractivity contribution in [2.75, 3.05) is 19.5 Å². The number of benzene rings is 2. The standard InChI is InChI=1S/C25H23ClN4O3/c1-14-23-17(25(31)28-20-12-18(26)21(32-2)13-22(20)33-3)11-19(15-9-10-15)27-24(23)30(29-14)16-7-5-4-6-8-16/h4-8,11-13,15H,9-10H2,1-3H3,(H,28,31). The number of hydrogen-bond acceptors (Lipinski definition) is 5. The second-order valence-electron chi connectivity index (χ2n) is 8.04. The number of carbonyl (C=O) groups excluding carboxylic acids is 1. The number of fused-ring (bicyclic) bond motifs is 1. The molecule has 5 rings (SSSR count). The Hall–Kier alpha value is -3.58. The van der Waals surface area contributed by atoms with E-state index in [0.29, 0.717) is 39.3 Å². The number of aromatic nitrogens is 3. The Balaban J connectivity index is 1.63. The number of para-hydroxylation sites is 1. The molecule has 7 nitrogen and oxygen atoms in total. The lowest BCUT2D eigenvalue weighted by Gasteiger charge is -2.14. The molecule has 0 spiro atoms. The van der Waals surface area contributed by atoms with Crippen molar-refractivity contribution in [3.63, 3.8) is 0 Å². The minimum Gasteiger partial charge on any atom is -0.495 e. The van der Waals surface area contributed by atoms with Gasteiger partial charge in [0.15, 0.2) is 5.65 Å². The Labute approximate surface area is 196 Å². The molecule has 33 heavy (non-hydrogen) atoms. The fourth-order valence-corrected chi connectivity index (χ4v) is 4.21. The molecule has 0 aliphatic heterocycles. The molecule has 0 unspecified atom stereocenters. The van der Waals surface area contributed by atoms with E-state index >= 15 is 0 Å². The van der Waals surface area contributed by atoms with Crippen LogP contribution in [-0.2, 0) is 0 Å². The first-order valence-corrected chi connectivity index (χ1v) is 11.1. The first-order chi connectivity index (χ1) is 16.0. The number of anilines is 1. The molecule has 1 amide bonds. The number of methoxy groups -OCH3 is 2. The molecule has 2 aromatic carbocycles. The summed E-state index contributed by atoms with van der Waals surface area (Å²) < 4.78 is 12.5. The summed E-state index contributed by atoms with van der Waals surface area (Å²) in [6.07, 6.45) is 2.14. The van der Waals surface area contributed by atoms with E-state index in [0.717, 1.165) is 35.3 Å². The van der Waals surface area contributed by atoms with Crippen LogP contribution < -0.4 is 14.8 Å². The summed E-state index contributed by atoms with van der Waals surface area (Å²) in [5.41, 5.74) is 4.19. The largest absolute Gasteiger partial charge is 0.495 e. The monoisotopic (exact) mass is 462 g/mol. The lowest BCUT2D eigenvalue weighted by Crippen LogP contribution is -2.14. The van der Waals surface area contributed by atoms with Crippen LogP contribution in [0.5, 0.6) is 11.5 Å². The van der Waals surface area contributed by atoms with Crippen molar-refractivity contribution >= 4 is 34.2 Å². The molecule has 0 radical (unpaired) electrons. The summed E-state index contributed by atoms with van der Waals surface area (Å²) in [6, 6.07) is 15.0. The number of nitrogens with zero attached hydrogens (tertiary/aromatic N) is 3. The van der Waals surface area contributed by atoms with Gasteiger partial charge in [-0.1, -0.05) is 29.8 Å². The predicted octanol–water partition coefficient (Wildman–Crippen LogP) is 5.53. The minimum absolute atomic E-state index is 0.278. The molecular weight excluding hydrogens is 440 g/mol. The van der Waals surface area contributed by atoms with Crippen LogP contribution in [0.2, 0.25) is 5.02 Å². The van der Waals surface area contributed by atoms with E-state index in [1.165, 1.54) is 14.2 Å². The maximum atomic E-state index is 13.5. The highest BCUT2D eigenvalue weighted by molar-refractivity contribution is 6.32. The molecule has 1 N–H and O–H groups in total. The van der Waals surface area contributed by atoms with Crippen molar-refractivity contribution in [3.05, 3.63) is 70.5 Å². The first kappa shape index (κ1) is 21.3. The zero-order valence-electron chi connectivity index (χ0n) is 18.6. The van der Waals surface area contributed by atoms with Gasteiger partial charge in [-0.25, -0.2) is 9.67 Å². The van der Waals surface area contributed by atoms with Gasteiger partial charge >= 0.3 is 0 Å².